The molecule has 3 aliphatic rings. The fourth-order valence-corrected chi connectivity index (χ4v) is 7.35. The highest BCUT2D eigenvalue weighted by atomic mass is 16.5. The molecule has 7 rings (SSSR count). The van der Waals surface area contributed by atoms with E-state index in [0.29, 0.717) is 6.61 Å². The number of ether oxygens (including phenoxy) is 2. The number of hydrogen-bond donors (Lipinski definition) is 1. The number of carbonyl (C=O) groups is 1. The maximum atomic E-state index is 13.2. The van der Waals surface area contributed by atoms with Crippen molar-refractivity contribution in [2.24, 2.45) is 5.92 Å². The first-order valence-electron chi connectivity index (χ1n) is 17.1. The van der Waals surface area contributed by atoms with Gasteiger partial charge in [0.1, 0.15) is 12.4 Å². The molecular weight excluding hydrogens is 602 g/mol. The van der Waals surface area contributed by atoms with Crippen LogP contribution in [0.3, 0.4) is 0 Å². The van der Waals surface area contributed by atoms with Crippen LogP contribution in [0.4, 0.5) is 5.95 Å². The van der Waals surface area contributed by atoms with Crippen molar-refractivity contribution in [1.29, 1.82) is 0 Å². The van der Waals surface area contributed by atoms with Crippen LogP contribution < -0.4 is 4.90 Å². The lowest BCUT2D eigenvalue weighted by Gasteiger charge is -2.33. The molecule has 9 heteroatoms. The molecule has 0 amide bonds. The van der Waals surface area contributed by atoms with Crippen LogP contribution in [0.1, 0.15) is 60.2 Å². The zero-order chi connectivity index (χ0) is 33.6. The molecule has 1 saturated heterocycles. The minimum Gasteiger partial charge on any atom is -0.493 e. The standard InChI is InChI=1S/C39H45N5O4/c1-24-16-29-17-27(30-21-41-38(42-22-30)44-13-11-43(5)12-14-44)6-7-31(29)36(32(24)20-35(45)48-23-39(3,4)46)25(2)28-18-33-37-26(8-10-40-33)9-15-47-34(37)19-28/h6-8,10,16-17,19,21-22,25,28,46H,9,11-15,18,20,23H2,1-5H3. The number of piperazine rings is 1. The Kier molecular flexibility index (Phi) is 8.68. The summed E-state index contributed by atoms with van der Waals surface area (Å²) in [6, 6.07) is 10.8. The van der Waals surface area contributed by atoms with Crippen LogP contribution in [0.5, 0.6) is 0 Å². The Bertz CT molecular complexity index is 1870. The lowest BCUT2D eigenvalue weighted by Crippen LogP contribution is -2.45. The molecule has 0 bridgehead atoms. The number of aryl methyl sites for hydroxylation is 1. The maximum Gasteiger partial charge on any atom is 0.310 e. The van der Waals surface area contributed by atoms with Gasteiger partial charge in [0.25, 0.3) is 0 Å². The summed E-state index contributed by atoms with van der Waals surface area (Å²) in [7, 11) is 2.14. The highest BCUT2D eigenvalue weighted by Gasteiger charge is 2.32. The second-order valence-electron chi connectivity index (χ2n) is 14.3. The van der Waals surface area contributed by atoms with Crippen LogP contribution in [0.2, 0.25) is 0 Å². The van der Waals surface area contributed by atoms with Crippen LogP contribution in [-0.4, -0.2) is 83.0 Å². The molecule has 4 aromatic rings. The van der Waals surface area contributed by atoms with E-state index in [9.17, 15) is 9.90 Å². The lowest BCUT2D eigenvalue weighted by molar-refractivity contribution is -0.149. The number of likely N-dealkylation sites (N-methyl/N-ethyl adjacent to an activating group) is 1. The van der Waals surface area contributed by atoms with Gasteiger partial charge in [-0.2, -0.15) is 0 Å². The molecule has 1 fully saturated rings. The number of aromatic nitrogens is 3. The number of nitrogens with zero attached hydrogens (tertiary/aromatic N) is 5. The van der Waals surface area contributed by atoms with Crippen molar-refractivity contribution >= 4 is 28.4 Å². The number of anilines is 1. The Hall–Kier alpha value is -4.34. The molecule has 2 aromatic carbocycles. The Morgan fingerprint density at radius 3 is 2.60 bits per heavy atom. The highest BCUT2D eigenvalue weighted by Crippen LogP contribution is 2.43. The number of fused-ring (bicyclic) bond motifs is 1. The average molecular weight is 648 g/mol. The largest absolute Gasteiger partial charge is 0.493 e. The number of rotatable bonds is 8. The minimum absolute atomic E-state index is 0.0539. The third kappa shape index (κ3) is 6.54. The van der Waals surface area contributed by atoms with E-state index in [-0.39, 0.29) is 30.8 Å². The monoisotopic (exact) mass is 647 g/mol. The molecule has 2 atom stereocenters. The quantitative estimate of drug-likeness (QED) is 0.249. The number of hydrogen-bond acceptors (Lipinski definition) is 9. The zero-order valence-corrected chi connectivity index (χ0v) is 28.6. The van der Waals surface area contributed by atoms with Gasteiger partial charge in [0, 0.05) is 62.3 Å². The second-order valence-corrected chi connectivity index (χ2v) is 14.3. The molecule has 250 valence electrons. The van der Waals surface area contributed by atoms with E-state index in [1.54, 1.807) is 13.8 Å². The molecule has 2 aromatic heterocycles. The normalized spacial score (nSPS) is 18.6. The van der Waals surface area contributed by atoms with Crippen molar-refractivity contribution in [1.82, 2.24) is 19.9 Å². The smallest absolute Gasteiger partial charge is 0.310 e. The van der Waals surface area contributed by atoms with Crippen LogP contribution in [0.25, 0.3) is 27.7 Å². The van der Waals surface area contributed by atoms with Crippen molar-refractivity contribution in [3.8, 4) is 11.1 Å². The first-order valence-corrected chi connectivity index (χ1v) is 17.1. The van der Waals surface area contributed by atoms with Crippen molar-refractivity contribution in [2.45, 2.75) is 58.5 Å². The van der Waals surface area contributed by atoms with Crippen molar-refractivity contribution in [3.05, 3.63) is 88.5 Å². The Labute approximate surface area is 282 Å². The number of esters is 1. The summed E-state index contributed by atoms with van der Waals surface area (Å²) < 4.78 is 11.7. The summed E-state index contributed by atoms with van der Waals surface area (Å²) in [5.74, 6) is 1.52. The van der Waals surface area contributed by atoms with Crippen molar-refractivity contribution in [3.63, 3.8) is 0 Å². The lowest BCUT2D eigenvalue weighted by atomic mass is 9.75. The molecule has 2 unspecified atom stereocenters. The van der Waals surface area contributed by atoms with Gasteiger partial charge in [-0.15, -0.1) is 0 Å². The summed E-state index contributed by atoms with van der Waals surface area (Å²) in [5.41, 5.74) is 7.58. The molecule has 48 heavy (non-hydrogen) atoms. The number of aliphatic hydroxyl groups is 1. The molecule has 0 saturated carbocycles. The van der Waals surface area contributed by atoms with Gasteiger partial charge in [-0.3, -0.25) is 9.78 Å². The topological polar surface area (TPSA) is 101 Å². The first kappa shape index (κ1) is 32.2. The number of benzene rings is 2. The highest BCUT2D eigenvalue weighted by molar-refractivity contribution is 5.93. The van der Waals surface area contributed by atoms with Gasteiger partial charge in [0.15, 0.2) is 0 Å². The maximum absolute atomic E-state index is 13.2. The van der Waals surface area contributed by atoms with E-state index in [0.717, 1.165) is 101 Å². The molecule has 2 aliphatic heterocycles. The van der Waals surface area contributed by atoms with Crippen molar-refractivity contribution in [2.75, 3.05) is 51.3 Å². The van der Waals surface area contributed by atoms with Gasteiger partial charge in [0.2, 0.25) is 5.95 Å². The molecule has 1 aliphatic carbocycles. The number of allylic oxidation sites excluding steroid dienone is 1. The van der Waals surface area contributed by atoms with E-state index < -0.39 is 5.60 Å². The summed E-state index contributed by atoms with van der Waals surface area (Å²) in [6.45, 7) is 12.1. The predicted molar refractivity (Wildman–Crippen MR) is 188 cm³/mol. The van der Waals surface area contributed by atoms with E-state index in [1.807, 2.05) is 18.6 Å². The molecule has 4 heterocycles. The van der Waals surface area contributed by atoms with Gasteiger partial charge in [-0.05, 0) is 103 Å². The van der Waals surface area contributed by atoms with Crippen LogP contribution in [0, 0.1) is 12.8 Å². The van der Waals surface area contributed by atoms with Crippen LogP contribution in [-0.2, 0) is 33.5 Å². The van der Waals surface area contributed by atoms with Crippen molar-refractivity contribution < 1.29 is 19.4 Å². The third-order valence-electron chi connectivity index (χ3n) is 10.1. The number of pyridine rings is 1. The van der Waals surface area contributed by atoms with Gasteiger partial charge in [-0.1, -0.05) is 25.1 Å². The minimum atomic E-state index is -1.10. The number of carbonyl (C=O) groups excluding carboxylic acids is 1. The Morgan fingerprint density at radius 2 is 1.85 bits per heavy atom. The fraction of sp³-hybridized carbons (Fsp3) is 0.436. The summed E-state index contributed by atoms with van der Waals surface area (Å²) in [6.07, 6.45) is 9.84. The van der Waals surface area contributed by atoms with E-state index in [4.69, 9.17) is 24.4 Å². The predicted octanol–water partition coefficient (Wildman–Crippen LogP) is 5.50. The van der Waals surface area contributed by atoms with Crippen LogP contribution in [0.15, 0.2) is 55.0 Å². The van der Waals surface area contributed by atoms with Gasteiger partial charge >= 0.3 is 5.97 Å². The SMILES string of the molecule is Cc1cc2cc(-c3cnc(N4CCN(C)CC4)nc3)ccc2c(C(C)C2C=C3OCCc4ccnc(c43)C2)c1CC(=O)OCC(C)(C)O. The van der Waals surface area contributed by atoms with Gasteiger partial charge in [-0.25, -0.2) is 9.97 Å². The molecular formula is C39H45N5O4. The van der Waals surface area contributed by atoms with E-state index >= 15 is 0 Å². The zero-order valence-electron chi connectivity index (χ0n) is 28.6. The molecule has 0 spiro atoms. The second kappa shape index (κ2) is 12.9. The molecule has 1 N–H and O–H groups in total. The van der Waals surface area contributed by atoms with Gasteiger partial charge in [0.05, 0.1) is 24.3 Å². The fourth-order valence-electron chi connectivity index (χ4n) is 7.35. The van der Waals surface area contributed by atoms with Gasteiger partial charge < -0.3 is 24.4 Å². The molecule has 9 nitrogen and oxygen atoms in total. The summed E-state index contributed by atoms with van der Waals surface area (Å²) >= 11 is 0. The summed E-state index contributed by atoms with van der Waals surface area (Å²) in [4.78, 5) is 32.0. The van der Waals surface area contributed by atoms with E-state index in [2.05, 4.69) is 67.1 Å². The van der Waals surface area contributed by atoms with E-state index in [1.165, 1.54) is 5.56 Å². The Morgan fingerprint density at radius 1 is 1.08 bits per heavy atom. The average Bonchev–Trinajstić information content (AvgIpc) is 3.07. The van der Waals surface area contributed by atoms with Crippen LogP contribution >= 0.6 is 0 Å². The Balaban J connectivity index is 1.25. The summed E-state index contributed by atoms with van der Waals surface area (Å²) in [5, 5.41) is 12.4. The molecule has 0 radical (unpaired) electrons. The first-order chi connectivity index (χ1) is 23.0. The third-order valence-corrected chi connectivity index (χ3v) is 10.1.